The highest BCUT2D eigenvalue weighted by molar-refractivity contribution is 5.34. The summed E-state index contributed by atoms with van der Waals surface area (Å²) in [5.41, 5.74) is 2.55. The van der Waals surface area contributed by atoms with Gasteiger partial charge in [0.15, 0.2) is 0 Å². The second-order valence-electron chi connectivity index (χ2n) is 4.91. The molecule has 0 amide bonds. The molecule has 2 N–H and O–H groups in total. The molecule has 0 saturated heterocycles. The Balaban J connectivity index is 2.08. The van der Waals surface area contributed by atoms with Crippen molar-refractivity contribution in [1.82, 2.24) is 5.32 Å². The molecule has 1 aliphatic rings. The van der Waals surface area contributed by atoms with Gasteiger partial charge in [-0.05, 0) is 31.0 Å². The molecule has 1 aromatic carbocycles. The normalized spacial score (nSPS) is 19.0. The van der Waals surface area contributed by atoms with E-state index in [4.69, 9.17) is 4.74 Å². The molecule has 0 heterocycles. The molecule has 3 nitrogen and oxygen atoms in total. The molecule has 0 bridgehead atoms. The van der Waals surface area contributed by atoms with E-state index in [1.165, 1.54) is 18.4 Å². The van der Waals surface area contributed by atoms with Gasteiger partial charge < -0.3 is 15.2 Å². The molecule has 1 atom stereocenters. The highest BCUT2D eigenvalue weighted by Gasteiger charge is 2.44. The summed E-state index contributed by atoms with van der Waals surface area (Å²) in [6, 6.07) is 8.29. The van der Waals surface area contributed by atoms with Crippen LogP contribution in [-0.4, -0.2) is 32.4 Å². The molecule has 3 heteroatoms. The Morgan fingerprint density at radius 1 is 1.35 bits per heavy atom. The van der Waals surface area contributed by atoms with Gasteiger partial charge in [-0.25, -0.2) is 0 Å². The molecule has 0 aromatic heterocycles. The summed E-state index contributed by atoms with van der Waals surface area (Å²) in [7, 11) is 3.60. The first-order valence-corrected chi connectivity index (χ1v) is 6.14. The van der Waals surface area contributed by atoms with Crippen LogP contribution in [0.3, 0.4) is 0 Å². The predicted octanol–water partition coefficient (Wildman–Crippen LogP) is 1.62. The van der Waals surface area contributed by atoms with Crippen molar-refractivity contribution in [1.29, 1.82) is 0 Å². The minimum absolute atomic E-state index is 0.251. The maximum atomic E-state index is 9.85. The van der Waals surface area contributed by atoms with Crippen LogP contribution in [0.4, 0.5) is 0 Å². The molecule has 17 heavy (non-hydrogen) atoms. The van der Waals surface area contributed by atoms with Crippen LogP contribution in [0.1, 0.15) is 30.1 Å². The van der Waals surface area contributed by atoms with Crippen LogP contribution in [0.25, 0.3) is 0 Å². The Hall–Kier alpha value is -0.900. The Labute approximate surface area is 103 Å². The van der Waals surface area contributed by atoms with E-state index in [1.807, 2.05) is 19.2 Å². The summed E-state index contributed by atoms with van der Waals surface area (Å²) in [5.74, 6) is 0. The van der Waals surface area contributed by atoms with E-state index in [1.54, 1.807) is 7.11 Å². The second-order valence-corrected chi connectivity index (χ2v) is 4.91. The third-order valence-corrected chi connectivity index (χ3v) is 3.58. The van der Waals surface area contributed by atoms with E-state index >= 15 is 0 Å². The predicted molar refractivity (Wildman–Crippen MR) is 68.1 cm³/mol. The number of ether oxygens (including phenoxy) is 1. The van der Waals surface area contributed by atoms with E-state index < -0.39 is 6.10 Å². The van der Waals surface area contributed by atoms with E-state index in [0.29, 0.717) is 6.54 Å². The number of nitrogens with one attached hydrogen (secondary N) is 1. The lowest BCUT2D eigenvalue weighted by atomic mass is 9.95. The third-order valence-electron chi connectivity index (χ3n) is 3.58. The maximum absolute atomic E-state index is 9.85. The number of aliphatic hydroxyl groups excluding tert-OH is 1. The highest BCUT2D eigenvalue weighted by atomic mass is 16.5. The van der Waals surface area contributed by atoms with Gasteiger partial charge in [0.2, 0.25) is 0 Å². The van der Waals surface area contributed by atoms with E-state index in [-0.39, 0.29) is 5.41 Å². The lowest BCUT2D eigenvalue weighted by Crippen LogP contribution is -2.17. The number of likely N-dealkylation sites (N-methyl/N-ethyl adjacent to an activating group) is 1. The monoisotopic (exact) mass is 235 g/mol. The lowest BCUT2D eigenvalue weighted by Gasteiger charge is -2.16. The fourth-order valence-electron chi connectivity index (χ4n) is 2.31. The topological polar surface area (TPSA) is 41.5 Å². The van der Waals surface area contributed by atoms with Gasteiger partial charge in [-0.2, -0.15) is 0 Å². The van der Waals surface area contributed by atoms with Gasteiger partial charge in [-0.1, -0.05) is 24.3 Å². The molecule has 0 radical (unpaired) electrons. The Bertz CT molecular complexity index is 357. The van der Waals surface area contributed by atoms with Crippen LogP contribution >= 0.6 is 0 Å². The molecule has 0 aliphatic heterocycles. The van der Waals surface area contributed by atoms with E-state index in [2.05, 4.69) is 17.4 Å². The lowest BCUT2D eigenvalue weighted by molar-refractivity contribution is 0.171. The largest absolute Gasteiger partial charge is 0.387 e. The molecule has 1 saturated carbocycles. The molecule has 1 unspecified atom stereocenters. The van der Waals surface area contributed by atoms with Crippen LogP contribution in [0, 0.1) is 0 Å². The second kappa shape index (κ2) is 5.17. The van der Waals surface area contributed by atoms with Crippen molar-refractivity contribution in [2.45, 2.75) is 24.4 Å². The van der Waals surface area contributed by atoms with Crippen LogP contribution in [0.5, 0.6) is 0 Å². The first-order valence-electron chi connectivity index (χ1n) is 6.14. The van der Waals surface area contributed by atoms with Crippen molar-refractivity contribution in [2.75, 3.05) is 27.3 Å². The highest BCUT2D eigenvalue weighted by Crippen LogP contribution is 2.48. The third kappa shape index (κ3) is 2.68. The zero-order valence-corrected chi connectivity index (χ0v) is 10.6. The van der Waals surface area contributed by atoms with Crippen molar-refractivity contribution in [3.63, 3.8) is 0 Å². The van der Waals surface area contributed by atoms with E-state index in [9.17, 15) is 5.11 Å². The Morgan fingerprint density at radius 2 is 2.00 bits per heavy atom. The average Bonchev–Trinajstić information content (AvgIpc) is 3.11. The number of aliphatic hydroxyl groups is 1. The van der Waals surface area contributed by atoms with E-state index in [0.717, 1.165) is 12.2 Å². The number of rotatable bonds is 6. The summed E-state index contributed by atoms with van der Waals surface area (Å²) >= 11 is 0. The summed E-state index contributed by atoms with van der Waals surface area (Å²) in [6.45, 7) is 1.38. The van der Waals surface area contributed by atoms with Crippen molar-refractivity contribution in [2.24, 2.45) is 0 Å². The van der Waals surface area contributed by atoms with Gasteiger partial charge in [0.05, 0.1) is 12.7 Å². The number of methoxy groups -OCH3 is 1. The van der Waals surface area contributed by atoms with Crippen LogP contribution in [0.2, 0.25) is 0 Å². The van der Waals surface area contributed by atoms with Crippen molar-refractivity contribution in [3.05, 3.63) is 35.4 Å². The number of benzene rings is 1. The molecular weight excluding hydrogens is 214 g/mol. The first kappa shape index (κ1) is 12.6. The zero-order chi connectivity index (χ0) is 12.3. The van der Waals surface area contributed by atoms with Crippen molar-refractivity contribution in [3.8, 4) is 0 Å². The van der Waals surface area contributed by atoms with Gasteiger partial charge >= 0.3 is 0 Å². The zero-order valence-electron chi connectivity index (χ0n) is 10.6. The quantitative estimate of drug-likeness (QED) is 0.787. The fourth-order valence-corrected chi connectivity index (χ4v) is 2.31. The van der Waals surface area contributed by atoms with Crippen LogP contribution < -0.4 is 5.32 Å². The van der Waals surface area contributed by atoms with Crippen LogP contribution in [0.15, 0.2) is 24.3 Å². The smallest absolute Gasteiger partial charge is 0.0914 e. The molecule has 94 valence electrons. The Morgan fingerprint density at radius 3 is 2.47 bits per heavy atom. The van der Waals surface area contributed by atoms with Crippen molar-refractivity contribution < 1.29 is 9.84 Å². The maximum Gasteiger partial charge on any atom is 0.0914 e. The Kier molecular flexibility index (Phi) is 3.82. The summed E-state index contributed by atoms with van der Waals surface area (Å²) < 4.78 is 5.28. The molecule has 0 spiro atoms. The van der Waals surface area contributed by atoms with Crippen LogP contribution in [-0.2, 0) is 10.2 Å². The molecule has 2 rings (SSSR count). The van der Waals surface area contributed by atoms with Gasteiger partial charge in [0.25, 0.3) is 0 Å². The fraction of sp³-hybridized carbons (Fsp3) is 0.571. The van der Waals surface area contributed by atoms with Crippen molar-refractivity contribution >= 4 is 0 Å². The number of hydrogen-bond acceptors (Lipinski definition) is 3. The minimum atomic E-state index is -0.424. The molecule has 1 aliphatic carbocycles. The van der Waals surface area contributed by atoms with Gasteiger partial charge in [0, 0.05) is 19.1 Å². The average molecular weight is 235 g/mol. The minimum Gasteiger partial charge on any atom is -0.387 e. The molecular formula is C14H21NO2. The van der Waals surface area contributed by atoms with Gasteiger partial charge in [0.1, 0.15) is 0 Å². The SMILES string of the molecule is CNCC(O)c1ccc(C2(COC)CC2)cc1. The molecule has 1 aromatic rings. The van der Waals surface area contributed by atoms with Gasteiger partial charge in [-0.15, -0.1) is 0 Å². The first-order chi connectivity index (χ1) is 8.22. The summed E-state index contributed by atoms with van der Waals surface area (Å²) in [5, 5.41) is 12.8. The van der Waals surface area contributed by atoms with Gasteiger partial charge in [-0.3, -0.25) is 0 Å². The number of hydrogen-bond donors (Lipinski definition) is 2. The summed E-state index contributed by atoms with van der Waals surface area (Å²) in [4.78, 5) is 0. The summed E-state index contributed by atoms with van der Waals surface area (Å²) in [6.07, 6.45) is 1.99. The molecule has 1 fully saturated rings. The standard InChI is InChI=1S/C14H21NO2/c1-15-9-13(16)11-3-5-12(6-4-11)14(7-8-14)10-17-2/h3-6,13,15-16H,7-10H2,1-2H3.